The average molecular weight is 273 g/mol. The second-order valence-corrected chi connectivity index (χ2v) is 5.44. The van der Waals surface area contributed by atoms with E-state index in [4.69, 9.17) is 11.6 Å². The molecule has 17 heavy (non-hydrogen) atoms. The van der Waals surface area contributed by atoms with Crippen LogP contribution < -0.4 is 4.90 Å². The normalized spacial score (nSPS) is 11.6. The third-order valence-corrected chi connectivity index (χ3v) is 3.72. The summed E-state index contributed by atoms with van der Waals surface area (Å²) in [6.45, 7) is 1.95. The van der Waals surface area contributed by atoms with Crippen molar-refractivity contribution < 1.29 is 0 Å². The van der Waals surface area contributed by atoms with Crippen LogP contribution in [0, 0.1) is 0 Å². The summed E-state index contributed by atoms with van der Waals surface area (Å²) in [5.74, 6) is 1.48. The van der Waals surface area contributed by atoms with E-state index in [-0.39, 0.29) is 0 Å². The fourth-order valence-corrected chi connectivity index (χ4v) is 2.68. The Balaban J connectivity index is 2.24. The van der Waals surface area contributed by atoms with Crippen molar-refractivity contribution in [2.75, 3.05) is 39.1 Å². The molecule has 2 rings (SSSR count). The number of fused-ring (bicyclic) bond motifs is 1. The van der Waals surface area contributed by atoms with Gasteiger partial charge in [0.05, 0.1) is 11.6 Å². The number of hydrogen-bond donors (Lipinski definition) is 0. The van der Waals surface area contributed by atoms with Crippen molar-refractivity contribution in [1.82, 2.24) is 14.3 Å². The Morgan fingerprint density at radius 3 is 2.76 bits per heavy atom. The molecule has 0 aliphatic heterocycles. The van der Waals surface area contributed by atoms with E-state index in [9.17, 15) is 0 Å². The third kappa shape index (κ3) is 2.56. The van der Waals surface area contributed by atoms with Gasteiger partial charge in [-0.2, -0.15) is 0 Å². The van der Waals surface area contributed by atoms with Crippen LogP contribution in [0.3, 0.4) is 0 Å². The molecule has 2 aromatic rings. The highest BCUT2D eigenvalue weighted by atomic mass is 35.5. The standard InChI is InChI=1S/C11H17ClN4S/c1-14(2)4-5-15(3)10-9(8-12)16-6-7-17-11(16)13-10/h6-7H,4-5,8H2,1-3H3. The summed E-state index contributed by atoms with van der Waals surface area (Å²) in [5, 5.41) is 2.03. The second kappa shape index (κ2) is 5.25. The lowest BCUT2D eigenvalue weighted by Gasteiger charge is -2.20. The van der Waals surface area contributed by atoms with Crippen LogP contribution in [0.4, 0.5) is 5.82 Å². The molecule has 0 aliphatic carbocycles. The van der Waals surface area contributed by atoms with Gasteiger partial charge in [0, 0.05) is 31.7 Å². The van der Waals surface area contributed by atoms with Crippen molar-refractivity contribution in [3.8, 4) is 0 Å². The van der Waals surface area contributed by atoms with Crippen molar-refractivity contribution in [2.24, 2.45) is 0 Å². The topological polar surface area (TPSA) is 23.8 Å². The van der Waals surface area contributed by atoms with E-state index in [2.05, 4.69) is 40.3 Å². The van der Waals surface area contributed by atoms with E-state index in [0.717, 1.165) is 29.6 Å². The zero-order valence-corrected chi connectivity index (χ0v) is 11.9. The van der Waals surface area contributed by atoms with Gasteiger partial charge < -0.3 is 9.80 Å². The van der Waals surface area contributed by atoms with Crippen LogP contribution in [-0.2, 0) is 5.88 Å². The molecular weight excluding hydrogens is 256 g/mol. The molecule has 0 spiro atoms. The smallest absolute Gasteiger partial charge is 0.195 e. The molecule has 0 aromatic carbocycles. The zero-order chi connectivity index (χ0) is 12.4. The fourth-order valence-electron chi connectivity index (χ4n) is 1.71. The van der Waals surface area contributed by atoms with Crippen molar-refractivity contribution in [2.45, 2.75) is 5.88 Å². The minimum Gasteiger partial charge on any atom is -0.357 e. The fraction of sp³-hybridized carbons (Fsp3) is 0.545. The largest absolute Gasteiger partial charge is 0.357 e. The van der Waals surface area contributed by atoms with Gasteiger partial charge in [-0.25, -0.2) is 4.98 Å². The maximum absolute atomic E-state index is 6.02. The van der Waals surface area contributed by atoms with Gasteiger partial charge in [-0.15, -0.1) is 22.9 Å². The molecule has 0 amide bonds. The third-order valence-electron chi connectivity index (χ3n) is 2.71. The Morgan fingerprint density at radius 1 is 1.35 bits per heavy atom. The second-order valence-electron chi connectivity index (χ2n) is 4.30. The minimum atomic E-state index is 0.486. The Labute approximate surface area is 110 Å². The van der Waals surface area contributed by atoms with E-state index in [1.54, 1.807) is 11.3 Å². The van der Waals surface area contributed by atoms with Gasteiger partial charge in [0.1, 0.15) is 0 Å². The molecule has 2 aromatic heterocycles. The van der Waals surface area contributed by atoms with Gasteiger partial charge in [0.15, 0.2) is 10.8 Å². The van der Waals surface area contributed by atoms with Gasteiger partial charge in [0.2, 0.25) is 0 Å². The summed E-state index contributed by atoms with van der Waals surface area (Å²) in [5.41, 5.74) is 1.07. The first-order valence-corrected chi connectivity index (χ1v) is 6.91. The molecule has 94 valence electrons. The first-order chi connectivity index (χ1) is 8.13. The lowest BCUT2D eigenvalue weighted by Crippen LogP contribution is -2.29. The number of nitrogens with zero attached hydrogens (tertiary/aromatic N) is 4. The van der Waals surface area contributed by atoms with E-state index in [1.807, 2.05) is 11.6 Å². The van der Waals surface area contributed by atoms with E-state index in [1.165, 1.54) is 0 Å². The van der Waals surface area contributed by atoms with Crippen LogP contribution in [0.2, 0.25) is 0 Å². The Bertz CT molecular complexity index is 491. The van der Waals surface area contributed by atoms with Crippen molar-refractivity contribution in [3.63, 3.8) is 0 Å². The molecule has 6 heteroatoms. The van der Waals surface area contributed by atoms with Crippen LogP contribution >= 0.6 is 22.9 Å². The Kier molecular flexibility index (Phi) is 3.91. The zero-order valence-electron chi connectivity index (χ0n) is 10.4. The first-order valence-electron chi connectivity index (χ1n) is 5.49. The van der Waals surface area contributed by atoms with E-state index >= 15 is 0 Å². The molecule has 2 heterocycles. The highest BCUT2D eigenvalue weighted by molar-refractivity contribution is 7.15. The van der Waals surface area contributed by atoms with E-state index in [0.29, 0.717) is 5.88 Å². The predicted octanol–water partition coefficient (Wildman–Crippen LogP) is 2.13. The molecule has 0 N–H and O–H groups in total. The predicted molar refractivity (Wildman–Crippen MR) is 74.5 cm³/mol. The van der Waals surface area contributed by atoms with Gasteiger partial charge in [-0.3, -0.25) is 4.40 Å². The SMILES string of the molecule is CN(C)CCN(C)c1nc2sccn2c1CCl. The van der Waals surface area contributed by atoms with Crippen LogP contribution in [-0.4, -0.2) is 48.5 Å². The monoisotopic (exact) mass is 272 g/mol. The molecule has 0 fully saturated rings. The maximum atomic E-state index is 6.02. The van der Waals surface area contributed by atoms with Crippen molar-refractivity contribution in [3.05, 3.63) is 17.3 Å². The lowest BCUT2D eigenvalue weighted by atomic mass is 10.4. The molecule has 0 unspecified atom stereocenters. The maximum Gasteiger partial charge on any atom is 0.195 e. The number of thiazole rings is 1. The number of rotatable bonds is 5. The number of anilines is 1. The van der Waals surface area contributed by atoms with Crippen LogP contribution in [0.15, 0.2) is 11.6 Å². The molecule has 4 nitrogen and oxygen atoms in total. The van der Waals surface area contributed by atoms with Gasteiger partial charge >= 0.3 is 0 Å². The van der Waals surface area contributed by atoms with Gasteiger partial charge in [-0.1, -0.05) is 0 Å². The number of halogens is 1. The average Bonchev–Trinajstić information content (AvgIpc) is 2.84. The molecule has 0 bridgehead atoms. The summed E-state index contributed by atoms with van der Waals surface area (Å²) in [6.07, 6.45) is 2.02. The van der Waals surface area contributed by atoms with Gasteiger partial charge in [0.25, 0.3) is 0 Å². The number of imidazole rings is 1. The van der Waals surface area contributed by atoms with Gasteiger partial charge in [-0.05, 0) is 14.1 Å². The molecule has 0 saturated heterocycles. The van der Waals surface area contributed by atoms with Crippen LogP contribution in [0.25, 0.3) is 4.96 Å². The number of aromatic nitrogens is 2. The summed E-state index contributed by atoms with van der Waals surface area (Å²) < 4.78 is 2.07. The molecule has 0 radical (unpaired) electrons. The highest BCUT2D eigenvalue weighted by Gasteiger charge is 2.15. The number of likely N-dealkylation sites (N-methyl/N-ethyl adjacent to an activating group) is 2. The molecule has 0 saturated carbocycles. The van der Waals surface area contributed by atoms with Crippen LogP contribution in [0.5, 0.6) is 0 Å². The van der Waals surface area contributed by atoms with Crippen molar-refractivity contribution in [1.29, 1.82) is 0 Å². The van der Waals surface area contributed by atoms with Crippen LogP contribution in [0.1, 0.15) is 5.69 Å². The summed E-state index contributed by atoms with van der Waals surface area (Å²) in [7, 11) is 6.20. The molecule has 0 atom stereocenters. The Hall–Kier alpha value is -0.780. The van der Waals surface area contributed by atoms with E-state index < -0.39 is 0 Å². The van der Waals surface area contributed by atoms with Crippen molar-refractivity contribution >= 4 is 33.7 Å². The first kappa shape index (κ1) is 12.7. The summed E-state index contributed by atoms with van der Waals surface area (Å²) in [6, 6.07) is 0. The summed E-state index contributed by atoms with van der Waals surface area (Å²) in [4.78, 5) is 9.96. The molecule has 0 aliphatic rings. The lowest BCUT2D eigenvalue weighted by molar-refractivity contribution is 0.416. The molecular formula is C11H17ClN4S. The highest BCUT2D eigenvalue weighted by Crippen LogP contribution is 2.25. The minimum absolute atomic E-state index is 0.486. The quantitative estimate of drug-likeness (QED) is 0.780. The Morgan fingerprint density at radius 2 is 2.12 bits per heavy atom. The number of alkyl halides is 1. The number of hydrogen-bond acceptors (Lipinski definition) is 4. The summed E-state index contributed by atoms with van der Waals surface area (Å²) >= 11 is 7.66.